The molecule has 1 rings (SSSR count). The first-order valence-corrected chi connectivity index (χ1v) is 10.6. The van der Waals surface area contributed by atoms with E-state index in [2.05, 4.69) is 6.92 Å². The summed E-state index contributed by atoms with van der Waals surface area (Å²) in [6.07, 6.45) is 15.9. The van der Waals surface area contributed by atoms with Crippen LogP contribution in [0, 0.1) is 11.8 Å². The first-order chi connectivity index (χ1) is 10.8. The van der Waals surface area contributed by atoms with Crippen LogP contribution in [0.5, 0.6) is 0 Å². The minimum absolute atomic E-state index is 0.131. The lowest BCUT2D eigenvalue weighted by molar-refractivity contribution is -0.107. The molecule has 3 heteroatoms. The van der Waals surface area contributed by atoms with Gasteiger partial charge < -0.3 is 9.90 Å². The first-order valence-electron chi connectivity index (χ1n) is 9.49. The highest BCUT2D eigenvalue weighted by Crippen LogP contribution is 2.38. The second kappa shape index (κ2) is 13.4. The van der Waals surface area contributed by atoms with Gasteiger partial charge >= 0.3 is 0 Å². The Labute approximate surface area is 141 Å². The molecule has 0 spiro atoms. The second-order valence-corrected chi connectivity index (χ2v) is 8.01. The third-order valence-electron chi connectivity index (χ3n) is 5.04. The Morgan fingerprint density at radius 1 is 1.14 bits per heavy atom. The van der Waals surface area contributed by atoms with Crippen molar-refractivity contribution in [3.8, 4) is 0 Å². The molecule has 0 amide bonds. The van der Waals surface area contributed by atoms with Gasteiger partial charge in [-0.25, -0.2) is 0 Å². The van der Waals surface area contributed by atoms with Crippen molar-refractivity contribution in [2.75, 3.05) is 11.5 Å². The van der Waals surface area contributed by atoms with Crippen LogP contribution < -0.4 is 0 Å². The number of thioether (sulfide) groups is 1. The predicted octanol–water partition coefficient (Wildman–Crippen LogP) is 5.23. The highest BCUT2D eigenvalue weighted by molar-refractivity contribution is 7.99. The summed E-state index contributed by atoms with van der Waals surface area (Å²) in [5.41, 5.74) is 0. The SMILES string of the molecule is CCCCCCCC[C@H]1CCC[C@@H]1C(O)CSCCCC=O. The zero-order chi connectivity index (χ0) is 16.0. The van der Waals surface area contributed by atoms with Gasteiger partial charge in [0, 0.05) is 12.2 Å². The van der Waals surface area contributed by atoms with E-state index in [1.54, 1.807) is 0 Å². The summed E-state index contributed by atoms with van der Waals surface area (Å²) in [5, 5.41) is 10.5. The largest absolute Gasteiger partial charge is 0.392 e. The molecule has 0 saturated heterocycles. The lowest BCUT2D eigenvalue weighted by Crippen LogP contribution is -2.26. The van der Waals surface area contributed by atoms with Gasteiger partial charge in [0.1, 0.15) is 6.29 Å². The Hall–Kier alpha value is -0.0200. The Balaban J connectivity index is 2.11. The van der Waals surface area contributed by atoms with Crippen LogP contribution in [-0.4, -0.2) is 29.0 Å². The maximum absolute atomic E-state index is 10.5. The van der Waals surface area contributed by atoms with Crippen LogP contribution in [0.1, 0.15) is 84.0 Å². The van der Waals surface area contributed by atoms with Gasteiger partial charge in [-0.3, -0.25) is 0 Å². The molecular weight excluding hydrogens is 292 g/mol. The highest BCUT2D eigenvalue weighted by Gasteiger charge is 2.31. The Morgan fingerprint density at radius 3 is 2.68 bits per heavy atom. The van der Waals surface area contributed by atoms with Gasteiger partial charge in [-0.15, -0.1) is 0 Å². The van der Waals surface area contributed by atoms with Gasteiger partial charge in [0.15, 0.2) is 0 Å². The van der Waals surface area contributed by atoms with Gasteiger partial charge in [-0.05, 0) is 30.4 Å². The van der Waals surface area contributed by atoms with Crippen molar-refractivity contribution in [1.82, 2.24) is 0 Å². The molecule has 3 atom stereocenters. The molecule has 0 aromatic heterocycles. The highest BCUT2D eigenvalue weighted by atomic mass is 32.2. The predicted molar refractivity (Wildman–Crippen MR) is 97.5 cm³/mol. The summed E-state index contributed by atoms with van der Waals surface area (Å²) in [6.45, 7) is 2.27. The minimum atomic E-state index is -0.131. The van der Waals surface area contributed by atoms with Gasteiger partial charge in [-0.1, -0.05) is 64.7 Å². The first kappa shape index (κ1) is 20.0. The van der Waals surface area contributed by atoms with Crippen molar-refractivity contribution in [3.63, 3.8) is 0 Å². The fourth-order valence-electron chi connectivity index (χ4n) is 3.71. The molecule has 0 bridgehead atoms. The maximum Gasteiger partial charge on any atom is 0.120 e. The van der Waals surface area contributed by atoms with Crippen LogP contribution >= 0.6 is 11.8 Å². The van der Waals surface area contributed by atoms with Crippen molar-refractivity contribution < 1.29 is 9.90 Å². The van der Waals surface area contributed by atoms with Gasteiger partial charge in [0.05, 0.1) is 6.10 Å². The van der Waals surface area contributed by atoms with Crippen LogP contribution in [0.15, 0.2) is 0 Å². The number of carbonyl (C=O) groups is 1. The van der Waals surface area contributed by atoms with E-state index >= 15 is 0 Å². The van der Waals surface area contributed by atoms with Crippen LogP contribution in [0.4, 0.5) is 0 Å². The zero-order valence-corrected chi connectivity index (χ0v) is 15.3. The summed E-state index contributed by atoms with van der Waals surface area (Å²) in [4.78, 5) is 10.3. The quantitative estimate of drug-likeness (QED) is 0.350. The number of unbranched alkanes of at least 4 members (excludes halogenated alkanes) is 6. The van der Waals surface area contributed by atoms with Crippen molar-refractivity contribution in [3.05, 3.63) is 0 Å². The topological polar surface area (TPSA) is 37.3 Å². The Kier molecular flexibility index (Phi) is 12.2. The van der Waals surface area contributed by atoms with Crippen LogP contribution in [0.25, 0.3) is 0 Å². The molecule has 1 unspecified atom stereocenters. The van der Waals surface area contributed by atoms with Crippen LogP contribution in [0.2, 0.25) is 0 Å². The third-order valence-corrected chi connectivity index (χ3v) is 6.19. The van der Waals surface area contributed by atoms with Gasteiger partial charge in [0.25, 0.3) is 0 Å². The molecule has 130 valence electrons. The molecule has 0 aromatic carbocycles. The van der Waals surface area contributed by atoms with E-state index in [1.165, 1.54) is 64.2 Å². The summed E-state index contributed by atoms with van der Waals surface area (Å²) in [6, 6.07) is 0. The molecule has 1 saturated carbocycles. The number of hydrogen-bond donors (Lipinski definition) is 1. The third kappa shape index (κ3) is 8.57. The fourth-order valence-corrected chi connectivity index (χ4v) is 4.74. The molecule has 22 heavy (non-hydrogen) atoms. The average Bonchev–Trinajstić information content (AvgIpc) is 2.99. The van der Waals surface area contributed by atoms with E-state index in [4.69, 9.17) is 0 Å². The van der Waals surface area contributed by atoms with Gasteiger partial charge in [-0.2, -0.15) is 11.8 Å². The van der Waals surface area contributed by atoms with E-state index < -0.39 is 0 Å². The lowest BCUT2D eigenvalue weighted by Gasteiger charge is -2.24. The van der Waals surface area contributed by atoms with Gasteiger partial charge in [0.2, 0.25) is 0 Å². The Morgan fingerprint density at radius 2 is 1.91 bits per heavy atom. The number of aliphatic hydroxyl groups is 1. The monoisotopic (exact) mass is 328 g/mol. The number of aliphatic hydroxyl groups excluding tert-OH is 1. The second-order valence-electron chi connectivity index (χ2n) is 6.86. The molecule has 1 aliphatic rings. The maximum atomic E-state index is 10.5. The summed E-state index contributed by atoms with van der Waals surface area (Å²) in [7, 11) is 0. The normalized spacial score (nSPS) is 22.8. The average molecular weight is 329 g/mol. The number of hydrogen-bond acceptors (Lipinski definition) is 3. The van der Waals surface area contributed by atoms with E-state index in [9.17, 15) is 9.90 Å². The molecule has 0 heterocycles. The van der Waals surface area contributed by atoms with Crippen LogP contribution in [0.3, 0.4) is 0 Å². The number of carbonyl (C=O) groups excluding carboxylic acids is 1. The van der Waals surface area contributed by atoms with Crippen molar-refractivity contribution in [2.45, 2.75) is 90.1 Å². The fraction of sp³-hybridized carbons (Fsp3) is 0.947. The zero-order valence-electron chi connectivity index (χ0n) is 14.5. The van der Waals surface area contributed by atoms with E-state index in [0.717, 1.165) is 30.1 Å². The molecular formula is C19H36O2S. The molecule has 0 aromatic rings. The Bertz CT molecular complexity index is 270. The van der Waals surface area contributed by atoms with Crippen LogP contribution in [-0.2, 0) is 4.79 Å². The molecule has 2 nitrogen and oxygen atoms in total. The van der Waals surface area contributed by atoms with Crippen molar-refractivity contribution >= 4 is 18.0 Å². The summed E-state index contributed by atoms with van der Waals surface area (Å²) in [5.74, 6) is 3.16. The van der Waals surface area contributed by atoms with Crippen molar-refractivity contribution in [2.24, 2.45) is 11.8 Å². The van der Waals surface area contributed by atoms with E-state index in [-0.39, 0.29) is 6.10 Å². The molecule has 1 aliphatic carbocycles. The molecule has 1 fully saturated rings. The summed E-state index contributed by atoms with van der Waals surface area (Å²) < 4.78 is 0. The number of rotatable bonds is 14. The molecule has 0 aliphatic heterocycles. The lowest BCUT2D eigenvalue weighted by atomic mass is 9.87. The van der Waals surface area contributed by atoms with E-state index in [0.29, 0.717) is 12.3 Å². The smallest absolute Gasteiger partial charge is 0.120 e. The van der Waals surface area contributed by atoms with Crippen molar-refractivity contribution in [1.29, 1.82) is 0 Å². The number of aldehydes is 1. The van der Waals surface area contributed by atoms with E-state index in [1.807, 2.05) is 11.8 Å². The summed E-state index contributed by atoms with van der Waals surface area (Å²) >= 11 is 1.82. The molecule has 1 N–H and O–H groups in total. The molecule has 0 radical (unpaired) electrons. The standard InChI is InChI=1S/C19H36O2S/c1-2-3-4-5-6-7-11-17-12-10-13-18(17)19(21)16-22-15-9-8-14-20/h14,17-19,21H,2-13,15-16H2,1H3/t17-,18-,19?/m0/s1. The minimum Gasteiger partial charge on any atom is -0.392 e.